The molecule has 5 heteroatoms. The number of halogens is 2. The van der Waals surface area contributed by atoms with E-state index < -0.39 is 12.1 Å². The number of esters is 1. The predicted molar refractivity (Wildman–Crippen MR) is 86.7 cm³/mol. The number of carbonyl (C=O) groups excluding carboxylic acids is 1. The smallest absolute Gasteiger partial charge is 0.347 e. The molecule has 0 amide bonds. The van der Waals surface area contributed by atoms with Gasteiger partial charge in [0.25, 0.3) is 0 Å². The van der Waals surface area contributed by atoms with Crippen LogP contribution in [0.2, 0.25) is 5.02 Å². The summed E-state index contributed by atoms with van der Waals surface area (Å²) in [5.41, 5.74) is 1.03. The van der Waals surface area contributed by atoms with Crippen LogP contribution >= 0.6 is 27.5 Å². The number of benzene rings is 1. The van der Waals surface area contributed by atoms with Crippen molar-refractivity contribution in [3.05, 3.63) is 28.8 Å². The molecule has 1 atom stereocenters. The summed E-state index contributed by atoms with van der Waals surface area (Å²) in [7, 11) is 1.34. The van der Waals surface area contributed by atoms with E-state index in [4.69, 9.17) is 21.1 Å². The predicted octanol–water partition coefficient (Wildman–Crippen LogP) is 4.84. The molecule has 0 aliphatic heterocycles. The van der Waals surface area contributed by atoms with Crippen molar-refractivity contribution in [3.8, 4) is 5.75 Å². The number of hydrogen-bond donors (Lipinski definition) is 0. The fourth-order valence-corrected chi connectivity index (χ4v) is 1.94. The van der Waals surface area contributed by atoms with Crippen LogP contribution < -0.4 is 4.74 Å². The molecule has 0 radical (unpaired) electrons. The zero-order valence-corrected chi connectivity index (χ0v) is 14.9. The van der Waals surface area contributed by atoms with Crippen molar-refractivity contribution in [2.45, 2.75) is 39.1 Å². The number of hydrogen-bond acceptors (Lipinski definition) is 3. The first-order valence-electron chi connectivity index (χ1n) is 6.58. The minimum atomic E-state index is -0.655. The second-order valence-electron chi connectivity index (χ2n) is 4.20. The third kappa shape index (κ3) is 5.71. The molecule has 3 nitrogen and oxygen atoms in total. The highest BCUT2D eigenvalue weighted by atomic mass is 79.9. The average Bonchev–Trinajstić information content (AvgIpc) is 2.47. The van der Waals surface area contributed by atoms with E-state index in [1.165, 1.54) is 7.11 Å². The first kappa shape index (κ1) is 19.3. The Kier molecular flexibility index (Phi) is 9.68. The molecule has 1 rings (SSSR count). The van der Waals surface area contributed by atoms with Gasteiger partial charge in [0, 0.05) is 11.2 Å². The molecule has 0 aliphatic rings. The molecule has 1 aromatic carbocycles. The fourth-order valence-electron chi connectivity index (χ4n) is 1.43. The molecule has 0 aliphatic carbocycles. The van der Waals surface area contributed by atoms with E-state index in [2.05, 4.69) is 15.9 Å². The van der Waals surface area contributed by atoms with E-state index in [-0.39, 0.29) is 5.92 Å². The average molecular weight is 366 g/mol. The molecule has 1 unspecified atom stereocenters. The van der Waals surface area contributed by atoms with Gasteiger partial charge in [-0.25, -0.2) is 4.79 Å². The van der Waals surface area contributed by atoms with Gasteiger partial charge in [0.1, 0.15) is 5.75 Å². The van der Waals surface area contributed by atoms with Gasteiger partial charge in [-0.1, -0.05) is 61.3 Å². The minimum Gasteiger partial charge on any atom is -0.477 e. The van der Waals surface area contributed by atoms with Crippen LogP contribution in [0, 0.1) is 5.92 Å². The second-order valence-corrected chi connectivity index (χ2v) is 5.17. The summed E-state index contributed by atoms with van der Waals surface area (Å²) in [6.07, 6.45) is -0.655. The number of methoxy groups -OCH3 is 1. The molecule has 0 N–H and O–H groups in total. The lowest BCUT2D eigenvalue weighted by Crippen LogP contribution is -2.33. The van der Waals surface area contributed by atoms with Crippen LogP contribution in [0.1, 0.15) is 33.3 Å². The molecule has 0 saturated carbocycles. The number of carbonyl (C=O) groups is 1. The van der Waals surface area contributed by atoms with Gasteiger partial charge >= 0.3 is 5.97 Å². The lowest BCUT2D eigenvalue weighted by atomic mass is 10.1. The van der Waals surface area contributed by atoms with Crippen molar-refractivity contribution >= 4 is 33.5 Å². The minimum absolute atomic E-state index is 0.00106. The monoisotopic (exact) mass is 364 g/mol. The first-order chi connectivity index (χ1) is 9.49. The van der Waals surface area contributed by atoms with Gasteiger partial charge in [-0.15, -0.1) is 0 Å². The number of ether oxygens (including phenoxy) is 2. The molecule has 0 heterocycles. The van der Waals surface area contributed by atoms with E-state index in [1.807, 2.05) is 39.8 Å². The summed E-state index contributed by atoms with van der Waals surface area (Å²) in [4.78, 5) is 11.6. The van der Waals surface area contributed by atoms with Crippen LogP contribution in [0.15, 0.2) is 18.2 Å². The number of rotatable bonds is 5. The van der Waals surface area contributed by atoms with Gasteiger partial charge in [-0.3, -0.25) is 0 Å². The van der Waals surface area contributed by atoms with Crippen molar-refractivity contribution in [1.82, 2.24) is 0 Å². The summed E-state index contributed by atoms with van der Waals surface area (Å²) < 4.78 is 10.4. The molecular weight excluding hydrogens is 344 g/mol. The molecule has 1 aromatic rings. The molecule has 20 heavy (non-hydrogen) atoms. The maximum atomic E-state index is 11.6. The van der Waals surface area contributed by atoms with Gasteiger partial charge in [0.2, 0.25) is 0 Å². The maximum Gasteiger partial charge on any atom is 0.347 e. The molecular formula is C15H22BrClO3. The van der Waals surface area contributed by atoms with E-state index in [0.717, 1.165) is 5.56 Å². The Morgan fingerprint density at radius 3 is 2.40 bits per heavy atom. The first-order valence-corrected chi connectivity index (χ1v) is 8.08. The maximum absolute atomic E-state index is 11.6. The highest BCUT2D eigenvalue weighted by Gasteiger charge is 2.25. The third-order valence-corrected chi connectivity index (χ3v) is 3.40. The van der Waals surface area contributed by atoms with E-state index >= 15 is 0 Å². The lowest BCUT2D eigenvalue weighted by Gasteiger charge is -2.21. The Morgan fingerprint density at radius 2 is 1.95 bits per heavy atom. The Labute approximate surface area is 134 Å². The number of alkyl halides is 1. The van der Waals surface area contributed by atoms with E-state index in [9.17, 15) is 4.79 Å². The SMILES string of the molecule is CC.COC(=O)C(Oc1cc(CBr)ccc1Cl)C(C)C. The van der Waals surface area contributed by atoms with Crippen LogP contribution in [-0.4, -0.2) is 19.2 Å². The van der Waals surface area contributed by atoms with Gasteiger partial charge < -0.3 is 9.47 Å². The summed E-state index contributed by atoms with van der Waals surface area (Å²) in [6, 6.07) is 5.46. The Balaban J connectivity index is 0.00000172. The molecule has 0 fully saturated rings. The molecule has 0 saturated heterocycles. The van der Waals surface area contributed by atoms with Crippen molar-refractivity contribution in [3.63, 3.8) is 0 Å². The normalized spacial score (nSPS) is 11.4. The molecule has 114 valence electrons. The Morgan fingerprint density at radius 1 is 1.35 bits per heavy atom. The van der Waals surface area contributed by atoms with Crippen LogP contribution in [0.25, 0.3) is 0 Å². The topological polar surface area (TPSA) is 35.5 Å². The highest BCUT2D eigenvalue weighted by molar-refractivity contribution is 9.08. The van der Waals surface area contributed by atoms with Crippen LogP contribution in [0.4, 0.5) is 0 Å². The zero-order valence-electron chi connectivity index (χ0n) is 12.6. The summed E-state index contributed by atoms with van der Waals surface area (Å²) in [6.45, 7) is 7.79. The largest absolute Gasteiger partial charge is 0.477 e. The third-order valence-electron chi connectivity index (χ3n) is 2.44. The summed E-state index contributed by atoms with van der Waals surface area (Å²) in [5, 5.41) is 1.18. The van der Waals surface area contributed by atoms with Crippen LogP contribution in [0.3, 0.4) is 0 Å². The summed E-state index contributed by atoms with van der Waals surface area (Å²) >= 11 is 9.42. The summed E-state index contributed by atoms with van der Waals surface area (Å²) in [5.74, 6) is 0.101. The van der Waals surface area contributed by atoms with Crippen LogP contribution in [0.5, 0.6) is 5.75 Å². The van der Waals surface area contributed by atoms with Gasteiger partial charge in [0.05, 0.1) is 12.1 Å². The van der Waals surface area contributed by atoms with E-state index in [0.29, 0.717) is 16.1 Å². The van der Waals surface area contributed by atoms with Crippen LogP contribution in [-0.2, 0) is 14.9 Å². The quantitative estimate of drug-likeness (QED) is 0.553. The standard InChI is InChI=1S/C13H16BrClO3.C2H6/c1-8(2)12(13(16)17-3)18-11-6-9(7-14)4-5-10(11)15;1-2/h4-6,8,12H,7H2,1-3H3;1-2H3. The van der Waals surface area contributed by atoms with Gasteiger partial charge in [-0.05, 0) is 17.7 Å². The Hall–Kier alpha value is -0.740. The van der Waals surface area contributed by atoms with Crippen molar-refractivity contribution in [1.29, 1.82) is 0 Å². The van der Waals surface area contributed by atoms with Crippen molar-refractivity contribution in [2.24, 2.45) is 5.92 Å². The van der Waals surface area contributed by atoms with Crippen molar-refractivity contribution in [2.75, 3.05) is 7.11 Å². The second kappa shape index (κ2) is 10.1. The molecule has 0 spiro atoms. The van der Waals surface area contributed by atoms with E-state index in [1.54, 1.807) is 6.07 Å². The fraction of sp³-hybridized carbons (Fsp3) is 0.533. The lowest BCUT2D eigenvalue weighted by molar-refractivity contribution is -0.150. The molecule has 0 aromatic heterocycles. The van der Waals surface area contributed by atoms with Gasteiger partial charge in [0.15, 0.2) is 6.10 Å². The highest BCUT2D eigenvalue weighted by Crippen LogP contribution is 2.28. The van der Waals surface area contributed by atoms with Crippen molar-refractivity contribution < 1.29 is 14.3 Å². The van der Waals surface area contributed by atoms with Gasteiger partial charge in [-0.2, -0.15) is 0 Å². The molecule has 0 bridgehead atoms. The Bertz CT molecular complexity index is 422. The zero-order chi connectivity index (χ0) is 15.7.